The standard InChI is InChI=1S/C22H26N2O/c1-23(2)21-12-7-15-24(17-21)22(25)14-13-18-8-6-11-20(16-18)19-9-4-3-5-10-19/h3-6,8-11,13-14,16,21H,7,12,15,17H2,1-2H3/b14-13+. The van der Waals surface area contributed by atoms with E-state index in [1.165, 1.54) is 17.5 Å². The van der Waals surface area contributed by atoms with Gasteiger partial charge in [-0.25, -0.2) is 0 Å². The molecule has 1 amide bonds. The molecule has 3 nitrogen and oxygen atoms in total. The van der Waals surface area contributed by atoms with Crippen LogP contribution in [0.3, 0.4) is 0 Å². The molecule has 1 unspecified atom stereocenters. The highest BCUT2D eigenvalue weighted by molar-refractivity contribution is 5.92. The Labute approximate surface area is 150 Å². The summed E-state index contributed by atoms with van der Waals surface area (Å²) in [5, 5.41) is 0. The summed E-state index contributed by atoms with van der Waals surface area (Å²) in [5.74, 6) is 0.108. The number of hydrogen-bond donors (Lipinski definition) is 0. The van der Waals surface area contributed by atoms with Crippen molar-refractivity contribution in [1.82, 2.24) is 9.80 Å². The monoisotopic (exact) mass is 334 g/mol. The summed E-state index contributed by atoms with van der Waals surface area (Å²) >= 11 is 0. The Balaban J connectivity index is 1.68. The molecule has 1 atom stereocenters. The quantitative estimate of drug-likeness (QED) is 0.791. The van der Waals surface area contributed by atoms with Gasteiger partial charge in [0.2, 0.25) is 5.91 Å². The van der Waals surface area contributed by atoms with Gasteiger partial charge in [0.15, 0.2) is 0 Å². The number of amides is 1. The third-order valence-corrected chi connectivity index (χ3v) is 4.85. The van der Waals surface area contributed by atoms with Crippen LogP contribution in [0.1, 0.15) is 18.4 Å². The average Bonchev–Trinajstić information content (AvgIpc) is 2.67. The van der Waals surface area contributed by atoms with Gasteiger partial charge >= 0.3 is 0 Å². The van der Waals surface area contributed by atoms with Crippen LogP contribution in [0.25, 0.3) is 17.2 Å². The van der Waals surface area contributed by atoms with Crippen molar-refractivity contribution < 1.29 is 4.79 Å². The molecule has 2 aromatic rings. The molecule has 130 valence electrons. The van der Waals surface area contributed by atoms with Crippen LogP contribution >= 0.6 is 0 Å². The van der Waals surface area contributed by atoms with Crippen molar-refractivity contribution in [3.8, 4) is 11.1 Å². The van der Waals surface area contributed by atoms with Crippen molar-refractivity contribution in [3.05, 3.63) is 66.2 Å². The molecule has 3 rings (SSSR count). The number of carbonyl (C=O) groups excluding carboxylic acids is 1. The summed E-state index contributed by atoms with van der Waals surface area (Å²) in [7, 11) is 4.17. The van der Waals surface area contributed by atoms with E-state index < -0.39 is 0 Å². The molecule has 3 heteroatoms. The van der Waals surface area contributed by atoms with Crippen LogP contribution in [-0.4, -0.2) is 48.9 Å². The second-order valence-corrected chi connectivity index (χ2v) is 6.87. The van der Waals surface area contributed by atoms with Crippen molar-refractivity contribution >= 4 is 12.0 Å². The highest BCUT2D eigenvalue weighted by Crippen LogP contribution is 2.21. The molecule has 0 spiro atoms. The first kappa shape index (κ1) is 17.4. The molecular formula is C22H26N2O. The smallest absolute Gasteiger partial charge is 0.246 e. The molecule has 0 bridgehead atoms. The molecule has 1 fully saturated rings. The SMILES string of the molecule is CN(C)C1CCCN(C(=O)/C=C/c2cccc(-c3ccccc3)c2)C1. The van der Waals surface area contributed by atoms with Gasteiger partial charge in [-0.15, -0.1) is 0 Å². The van der Waals surface area contributed by atoms with Crippen LogP contribution < -0.4 is 0 Å². The van der Waals surface area contributed by atoms with Gasteiger partial charge in [0.05, 0.1) is 0 Å². The van der Waals surface area contributed by atoms with Gasteiger partial charge in [0.25, 0.3) is 0 Å². The van der Waals surface area contributed by atoms with E-state index in [0.717, 1.165) is 25.1 Å². The highest BCUT2D eigenvalue weighted by atomic mass is 16.2. The maximum Gasteiger partial charge on any atom is 0.246 e. The molecule has 0 aromatic heterocycles. The predicted molar refractivity (Wildman–Crippen MR) is 104 cm³/mol. The average molecular weight is 334 g/mol. The second kappa shape index (κ2) is 8.13. The van der Waals surface area contributed by atoms with Gasteiger partial charge in [-0.2, -0.15) is 0 Å². The molecule has 1 aliphatic rings. The Morgan fingerprint density at radius 1 is 1.08 bits per heavy atom. The lowest BCUT2D eigenvalue weighted by Gasteiger charge is -2.35. The normalized spacial score (nSPS) is 18.0. The van der Waals surface area contributed by atoms with Crippen molar-refractivity contribution in [1.29, 1.82) is 0 Å². The minimum absolute atomic E-state index is 0.108. The summed E-state index contributed by atoms with van der Waals surface area (Å²) in [6, 6.07) is 19.1. The largest absolute Gasteiger partial charge is 0.338 e. The minimum Gasteiger partial charge on any atom is -0.338 e. The number of piperidine rings is 1. The number of benzene rings is 2. The van der Waals surface area contributed by atoms with E-state index >= 15 is 0 Å². The van der Waals surface area contributed by atoms with Crippen LogP contribution in [0.5, 0.6) is 0 Å². The molecule has 1 saturated heterocycles. The van der Waals surface area contributed by atoms with Gasteiger partial charge < -0.3 is 9.80 Å². The number of rotatable bonds is 4. The van der Waals surface area contributed by atoms with Crippen molar-refractivity contribution in [2.24, 2.45) is 0 Å². The van der Waals surface area contributed by atoms with Gasteiger partial charge in [-0.05, 0) is 55.8 Å². The molecule has 0 saturated carbocycles. The maximum atomic E-state index is 12.5. The van der Waals surface area contributed by atoms with E-state index in [0.29, 0.717) is 6.04 Å². The molecule has 1 aliphatic heterocycles. The van der Waals surface area contributed by atoms with Gasteiger partial charge in [-0.1, -0.05) is 48.5 Å². The molecule has 0 radical (unpaired) electrons. The Kier molecular flexibility index (Phi) is 5.67. The zero-order valence-electron chi connectivity index (χ0n) is 15.1. The molecule has 0 N–H and O–H groups in total. The molecule has 0 aliphatic carbocycles. The predicted octanol–water partition coefficient (Wildman–Crippen LogP) is 3.92. The number of likely N-dealkylation sites (N-methyl/N-ethyl adjacent to an activating group) is 1. The molecule has 2 aromatic carbocycles. The number of nitrogens with zero attached hydrogens (tertiary/aromatic N) is 2. The fourth-order valence-corrected chi connectivity index (χ4v) is 3.30. The number of carbonyl (C=O) groups is 1. The van der Waals surface area contributed by atoms with Crippen LogP contribution in [-0.2, 0) is 4.79 Å². The van der Waals surface area contributed by atoms with Gasteiger partial charge in [0.1, 0.15) is 0 Å². The number of likely N-dealkylation sites (tertiary alicyclic amines) is 1. The van der Waals surface area contributed by atoms with Crippen LogP contribution in [0, 0.1) is 0 Å². The first-order valence-electron chi connectivity index (χ1n) is 8.92. The lowest BCUT2D eigenvalue weighted by Crippen LogP contribution is -2.47. The molecule has 1 heterocycles. The zero-order chi connectivity index (χ0) is 17.6. The molecule has 25 heavy (non-hydrogen) atoms. The third-order valence-electron chi connectivity index (χ3n) is 4.85. The number of hydrogen-bond acceptors (Lipinski definition) is 2. The van der Waals surface area contributed by atoms with Gasteiger partial charge in [0, 0.05) is 25.2 Å². The Morgan fingerprint density at radius 3 is 2.60 bits per heavy atom. The fraction of sp³-hybridized carbons (Fsp3) is 0.318. The Bertz CT molecular complexity index is 737. The maximum absolute atomic E-state index is 12.5. The highest BCUT2D eigenvalue weighted by Gasteiger charge is 2.23. The summed E-state index contributed by atoms with van der Waals surface area (Å²) in [6.45, 7) is 1.68. The lowest BCUT2D eigenvalue weighted by molar-refractivity contribution is -0.127. The van der Waals surface area contributed by atoms with E-state index in [9.17, 15) is 4.79 Å². The van der Waals surface area contributed by atoms with E-state index in [4.69, 9.17) is 0 Å². The first-order chi connectivity index (χ1) is 12.1. The topological polar surface area (TPSA) is 23.6 Å². The molecular weight excluding hydrogens is 308 g/mol. The Morgan fingerprint density at radius 2 is 1.84 bits per heavy atom. The van der Waals surface area contributed by atoms with E-state index in [1.807, 2.05) is 41.3 Å². The van der Waals surface area contributed by atoms with Crippen LogP contribution in [0.2, 0.25) is 0 Å². The third kappa shape index (κ3) is 4.58. The van der Waals surface area contributed by atoms with Gasteiger partial charge in [-0.3, -0.25) is 4.79 Å². The van der Waals surface area contributed by atoms with Crippen molar-refractivity contribution in [2.45, 2.75) is 18.9 Å². The zero-order valence-corrected chi connectivity index (χ0v) is 15.1. The first-order valence-corrected chi connectivity index (χ1v) is 8.92. The second-order valence-electron chi connectivity index (χ2n) is 6.87. The van der Waals surface area contributed by atoms with Crippen LogP contribution in [0.4, 0.5) is 0 Å². The summed E-state index contributed by atoms with van der Waals surface area (Å²) in [5.41, 5.74) is 3.41. The Hall–Kier alpha value is -2.39. The van der Waals surface area contributed by atoms with E-state index in [1.54, 1.807) is 6.08 Å². The fourth-order valence-electron chi connectivity index (χ4n) is 3.30. The minimum atomic E-state index is 0.108. The van der Waals surface area contributed by atoms with Crippen molar-refractivity contribution in [2.75, 3.05) is 27.2 Å². The van der Waals surface area contributed by atoms with Crippen LogP contribution in [0.15, 0.2) is 60.7 Å². The van der Waals surface area contributed by atoms with E-state index in [-0.39, 0.29) is 5.91 Å². The summed E-state index contributed by atoms with van der Waals surface area (Å²) < 4.78 is 0. The van der Waals surface area contributed by atoms with E-state index in [2.05, 4.69) is 43.3 Å². The summed E-state index contributed by atoms with van der Waals surface area (Å²) in [4.78, 5) is 16.7. The summed E-state index contributed by atoms with van der Waals surface area (Å²) in [6.07, 6.45) is 5.88. The van der Waals surface area contributed by atoms with Crippen molar-refractivity contribution in [3.63, 3.8) is 0 Å². The lowest BCUT2D eigenvalue weighted by atomic mass is 10.0.